The number of carbonyl (C=O) groups excluding carboxylic acids is 7. The molecule has 0 radical (unpaired) electrons. The van der Waals surface area contributed by atoms with Crippen LogP contribution in [0.25, 0.3) is 0 Å². The van der Waals surface area contributed by atoms with Gasteiger partial charge in [-0.15, -0.1) is 0 Å². The lowest BCUT2D eigenvalue weighted by molar-refractivity contribution is -0.137. The number of hydrogen-bond donors (Lipinski definition) is 6. The third kappa shape index (κ3) is 21.7. The first kappa shape index (κ1) is 46.0. The second-order valence-corrected chi connectivity index (χ2v) is 13.0. The third-order valence-corrected chi connectivity index (χ3v) is 6.79. The van der Waals surface area contributed by atoms with Crippen molar-refractivity contribution in [3.8, 4) is 0 Å². The molecule has 0 aromatic heterocycles. The maximum absolute atomic E-state index is 12.7. The van der Waals surface area contributed by atoms with Crippen molar-refractivity contribution >= 4 is 47.3 Å². The number of ether oxygens (including phenoxy) is 1. The highest BCUT2D eigenvalue weighted by Gasteiger charge is 2.25. The average molecular weight is 718 g/mol. The van der Waals surface area contributed by atoms with Crippen LogP contribution < -0.4 is 32.3 Å². The number of nitrogens with two attached hydrogens (primary N) is 1. The van der Waals surface area contributed by atoms with E-state index in [1.807, 2.05) is 41.5 Å². The molecule has 1 aliphatic rings. The number of alkyl carbamates (subject to hydrolysis) is 1. The lowest BCUT2D eigenvalue weighted by Gasteiger charge is -2.21. The zero-order valence-electron chi connectivity index (χ0n) is 31.5. The smallest absolute Gasteiger partial charge is 0.407 e. The number of benzene rings is 1. The molecule has 1 aromatic rings. The number of nitrogens with one attached hydrogen (secondary N) is 5. The summed E-state index contributed by atoms with van der Waals surface area (Å²) in [6.45, 7) is 16.8. The molecule has 1 aromatic carbocycles. The number of amides is 8. The summed E-state index contributed by atoms with van der Waals surface area (Å²) in [6, 6.07) is 5.52. The van der Waals surface area contributed by atoms with Crippen molar-refractivity contribution < 1.29 is 38.3 Å². The molecule has 0 spiro atoms. The van der Waals surface area contributed by atoms with Gasteiger partial charge in [0.1, 0.15) is 12.6 Å². The van der Waals surface area contributed by atoms with Gasteiger partial charge in [0.05, 0.1) is 6.54 Å². The van der Waals surface area contributed by atoms with E-state index in [2.05, 4.69) is 26.6 Å². The van der Waals surface area contributed by atoms with Crippen LogP contribution in [0.5, 0.6) is 0 Å². The Morgan fingerprint density at radius 3 is 1.98 bits per heavy atom. The molecule has 15 nitrogen and oxygen atoms in total. The molecule has 1 aliphatic heterocycles. The molecule has 286 valence electrons. The summed E-state index contributed by atoms with van der Waals surface area (Å²) < 4.78 is 5.20. The minimum atomic E-state index is -0.809. The van der Waals surface area contributed by atoms with Crippen molar-refractivity contribution in [2.75, 3.05) is 31.5 Å². The number of nitrogens with zero attached hydrogens (tertiary/aromatic N) is 1. The zero-order valence-corrected chi connectivity index (χ0v) is 31.5. The summed E-state index contributed by atoms with van der Waals surface area (Å²) in [5, 5.41) is 13.1. The largest absolute Gasteiger partial charge is 0.445 e. The van der Waals surface area contributed by atoms with Gasteiger partial charge in [0.15, 0.2) is 0 Å². The first-order valence-electron chi connectivity index (χ1n) is 17.5. The van der Waals surface area contributed by atoms with E-state index in [1.165, 1.54) is 12.2 Å². The Bertz CT molecular complexity index is 1290. The molecule has 1 unspecified atom stereocenters. The average Bonchev–Trinajstić information content (AvgIpc) is 3.40. The number of carbonyl (C=O) groups is 7. The van der Waals surface area contributed by atoms with Gasteiger partial charge in [-0.25, -0.2) is 9.59 Å². The maximum Gasteiger partial charge on any atom is 0.407 e. The molecular weight excluding hydrogens is 658 g/mol. The topological polar surface area (TPSA) is 218 Å². The van der Waals surface area contributed by atoms with Crippen LogP contribution in [0.15, 0.2) is 36.4 Å². The normalized spacial score (nSPS) is 12.5. The quantitative estimate of drug-likeness (QED) is 0.103. The SMILES string of the molecule is CC.CC(C)C(NC(=O)CCCCCN1C(=O)C=CC1=O)C(=O)NCC(=O)Nc1ccc(COC(=O)NCC(C)(C)C)cc1.CCCNC(N)=O. The standard InChI is InChI=1S/C30H43N5O7.C4H10N2O.C2H6/c1-20(2)27(34-23(36)9-7-6-8-16-35-25(38)14-15-26(35)39)28(40)31-17-24(37)33-22-12-10-21(11-13-22)18-42-29(41)32-19-30(3,4)5;1-2-3-6-4(5)7;1-2/h10-15,20,27H,6-9,16-19H2,1-5H3,(H,31,40)(H,32,41)(H,33,37)(H,34,36);2-3H2,1H3,(H3,5,6,7);1-2H3. The summed E-state index contributed by atoms with van der Waals surface area (Å²) in [7, 11) is 0. The summed E-state index contributed by atoms with van der Waals surface area (Å²) in [4.78, 5) is 83.5. The molecule has 15 heteroatoms. The minimum absolute atomic E-state index is 0.0524. The van der Waals surface area contributed by atoms with E-state index >= 15 is 0 Å². The Kier molecular flexibility index (Phi) is 22.6. The Morgan fingerprint density at radius 1 is 0.863 bits per heavy atom. The molecule has 2 rings (SSSR count). The van der Waals surface area contributed by atoms with Crippen molar-refractivity contribution in [2.24, 2.45) is 17.1 Å². The Hall–Kier alpha value is -4.95. The van der Waals surface area contributed by atoms with Gasteiger partial charge in [0, 0.05) is 43.9 Å². The van der Waals surface area contributed by atoms with Crippen LogP contribution in [0.1, 0.15) is 93.1 Å². The lowest BCUT2D eigenvalue weighted by atomic mass is 9.97. The van der Waals surface area contributed by atoms with Gasteiger partial charge < -0.3 is 37.1 Å². The van der Waals surface area contributed by atoms with Crippen LogP contribution in [0.4, 0.5) is 15.3 Å². The van der Waals surface area contributed by atoms with Crippen LogP contribution in [-0.4, -0.2) is 78.8 Å². The predicted octanol–water partition coefficient (Wildman–Crippen LogP) is 3.73. The summed E-state index contributed by atoms with van der Waals surface area (Å²) in [6.07, 6.45) is 4.87. The molecule has 1 heterocycles. The number of hydrogen-bond acceptors (Lipinski definition) is 8. The molecular formula is C36H59N7O8. The zero-order chi connectivity index (χ0) is 39.0. The highest BCUT2D eigenvalue weighted by atomic mass is 16.5. The fraction of sp³-hybridized carbons (Fsp3) is 0.583. The second kappa shape index (κ2) is 25.1. The molecule has 8 amide bonds. The summed E-state index contributed by atoms with van der Waals surface area (Å²) >= 11 is 0. The molecule has 51 heavy (non-hydrogen) atoms. The number of primary amides is 1. The van der Waals surface area contributed by atoms with Gasteiger partial charge in [-0.3, -0.25) is 28.9 Å². The van der Waals surface area contributed by atoms with E-state index < -0.39 is 30.0 Å². The van der Waals surface area contributed by atoms with Crippen LogP contribution in [-0.2, 0) is 35.3 Å². The molecule has 0 aliphatic carbocycles. The first-order valence-corrected chi connectivity index (χ1v) is 17.5. The van der Waals surface area contributed by atoms with Crippen molar-refractivity contribution in [1.82, 2.24) is 26.2 Å². The minimum Gasteiger partial charge on any atom is -0.445 e. The van der Waals surface area contributed by atoms with E-state index in [1.54, 1.807) is 38.1 Å². The van der Waals surface area contributed by atoms with Gasteiger partial charge in [-0.1, -0.05) is 73.9 Å². The van der Waals surface area contributed by atoms with Crippen LogP contribution in [0, 0.1) is 11.3 Å². The van der Waals surface area contributed by atoms with Crippen LogP contribution in [0.3, 0.4) is 0 Å². The molecule has 7 N–H and O–H groups in total. The Morgan fingerprint density at radius 2 is 1.47 bits per heavy atom. The summed E-state index contributed by atoms with van der Waals surface area (Å²) in [5.74, 6) is -2.05. The number of urea groups is 1. The summed E-state index contributed by atoms with van der Waals surface area (Å²) in [5.41, 5.74) is 5.94. The number of anilines is 1. The molecule has 0 bridgehead atoms. The first-order chi connectivity index (χ1) is 24.0. The third-order valence-electron chi connectivity index (χ3n) is 6.79. The number of imide groups is 1. The highest BCUT2D eigenvalue weighted by molar-refractivity contribution is 6.12. The van der Waals surface area contributed by atoms with Crippen molar-refractivity contribution in [1.29, 1.82) is 0 Å². The highest BCUT2D eigenvalue weighted by Crippen LogP contribution is 2.13. The monoisotopic (exact) mass is 717 g/mol. The van der Waals surface area contributed by atoms with Crippen LogP contribution >= 0.6 is 0 Å². The van der Waals surface area contributed by atoms with Gasteiger partial charge in [-0.2, -0.15) is 0 Å². The fourth-order valence-corrected chi connectivity index (χ4v) is 4.12. The fourth-order valence-electron chi connectivity index (χ4n) is 4.12. The lowest BCUT2D eigenvalue weighted by Crippen LogP contribution is -2.51. The van der Waals surface area contributed by atoms with Gasteiger partial charge in [-0.05, 0) is 48.3 Å². The molecule has 1 atom stereocenters. The van der Waals surface area contributed by atoms with Gasteiger partial charge in [0.2, 0.25) is 17.7 Å². The number of rotatable bonds is 17. The predicted molar refractivity (Wildman–Crippen MR) is 196 cm³/mol. The van der Waals surface area contributed by atoms with E-state index in [4.69, 9.17) is 10.5 Å². The van der Waals surface area contributed by atoms with Crippen molar-refractivity contribution in [3.05, 3.63) is 42.0 Å². The van der Waals surface area contributed by atoms with E-state index in [9.17, 15) is 33.6 Å². The van der Waals surface area contributed by atoms with E-state index in [-0.39, 0.29) is 48.6 Å². The van der Waals surface area contributed by atoms with Crippen molar-refractivity contribution in [2.45, 2.75) is 100 Å². The Labute approximate surface area is 302 Å². The van der Waals surface area contributed by atoms with E-state index in [0.29, 0.717) is 44.6 Å². The molecule has 0 saturated heterocycles. The van der Waals surface area contributed by atoms with Crippen LogP contribution in [0.2, 0.25) is 0 Å². The van der Waals surface area contributed by atoms with E-state index in [0.717, 1.165) is 16.9 Å². The van der Waals surface area contributed by atoms with Crippen molar-refractivity contribution in [3.63, 3.8) is 0 Å². The maximum atomic E-state index is 12.7. The number of unbranched alkanes of at least 4 members (excludes halogenated alkanes) is 2. The Balaban J connectivity index is 0.00000247. The second-order valence-electron chi connectivity index (χ2n) is 13.0. The molecule has 0 fully saturated rings. The van der Waals surface area contributed by atoms with Gasteiger partial charge >= 0.3 is 12.1 Å². The van der Waals surface area contributed by atoms with Gasteiger partial charge in [0.25, 0.3) is 11.8 Å². The molecule has 0 saturated carbocycles.